The van der Waals surface area contributed by atoms with Crippen molar-refractivity contribution in [1.29, 1.82) is 5.26 Å². The number of hydrogen-bond donors (Lipinski definition) is 1. The van der Waals surface area contributed by atoms with Gasteiger partial charge in [0.1, 0.15) is 6.07 Å². The van der Waals surface area contributed by atoms with Crippen LogP contribution in [0.4, 0.5) is 0 Å². The molecule has 1 saturated heterocycles. The van der Waals surface area contributed by atoms with E-state index in [0.29, 0.717) is 13.0 Å². The van der Waals surface area contributed by atoms with Crippen molar-refractivity contribution in [2.75, 3.05) is 6.61 Å². The number of rotatable bonds is 0. The van der Waals surface area contributed by atoms with Gasteiger partial charge in [0, 0.05) is 6.61 Å². The number of aliphatic hydroxyl groups is 1. The number of ether oxygens (including phenoxy) is 1. The second kappa shape index (κ2) is 2.57. The maximum absolute atomic E-state index is 9.46. The maximum Gasteiger partial charge on any atom is 0.176 e. The molecule has 1 aliphatic heterocycles. The van der Waals surface area contributed by atoms with Crippen LogP contribution in [-0.4, -0.2) is 23.4 Å². The van der Waals surface area contributed by atoms with Gasteiger partial charge in [0.2, 0.25) is 0 Å². The van der Waals surface area contributed by atoms with Crippen LogP contribution in [0.3, 0.4) is 0 Å². The molecule has 1 heterocycles. The molecular weight excluding hydrogens is 130 g/mol. The zero-order valence-corrected chi connectivity index (χ0v) is 6.00. The van der Waals surface area contributed by atoms with Gasteiger partial charge >= 0.3 is 0 Å². The van der Waals surface area contributed by atoms with E-state index in [1.807, 2.05) is 6.07 Å². The van der Waals surface area contributed by atoms with E-state index in [9.17, 15) is 5.11 Å². The molecule has 0 spiro atoms. The van der Waals surface area contributed by atoms with Crippen molar-refractivity contribution in [3.8, 4) is 6.07 Å². The Morgan fingerprint density at radius 1 is 1.80 bits per heavy atom. The Morgan fingerprint density at radius 2 is 2.50 bits per heavy atom. The molecular formula is C7H11NO2. The van der Waals surface area contributed by atoms with Crippen LogP contribution in [-0.2, 0) is 4.74 Å². The van der Waals surface area contributed by atoms with E-state index in [1.54, 1.807) is 6.92 Å². The van der Waals surface area contributed by atoms with E-state index in [1.165, 1.54) is 0 Å². The monoisotopic (exact) mass is 141 g/mol. The fourth-order valence-electron chi connectivity index (χ4n) is 1.09. The van der Waals surface area contributed by atoms with Crippen LogP contribution in [0.1, 0.15) is 19.8 Å². The lowest BCUT2D eigenvalue weighted by atomic mass is 9.92. The van der Waals surface area contributed by atoms with Crippen LogP contribution in [0.25, 0.3) is 0 Å². The van der Waals surface area contributed by atoms with Crippen molar-refractivity contribution in [2.24, 2.45) is 0 Å². The van der Waals surface area contributed by atoms with E-state index >= 15 is 0 Å². The molecule has 2 atom stereocenters. The maximum atomic E-state index is 9.46. The molecule has 1 fully saturated rings. The summed E-state index contributed by atoms with van der Waals surface area (Å²) in [5.74, 6) is 0. The molecule has 3 nitrogen and oxygen atoms in total. The van der Waals surface area contributed by atoms with Gasteiger partial charge in [0.25, 0.3) is 0 Å². The smallest absolute Gasteiger partial charge is 0.176 e. The predicted octanol–water partition coefficient (Wildman–Crippen LogP) is 0.440. The number of nitrogens with zero attached hydrogens (tertiary/aromatic N) is 1. The van der Waals surface area contributed by atoms with Crippen LogP contribution >= 0.6 is 0 Å². The minimum Gasteiger partial charge on any atom is -0.374 e. The third-order valence-electron chi connectivity index (χ3n) is 1.94. The van der Waals surface area contributed by atoms with E-state index in [-0.39, 0.29) is 6.10 Å². The Hall–Kier alpha value is -0.590. The third-order valence-corrected chi connectivity index (χ3v) is 1.94. The van der Waals surface area contributed by atoms with Crippen LogP contribution < -0.4 is 0 Å². The highest BCUT2D eigenvalue weighted by atomic mass is 16.5. The topological polar surface area (TPSA) is 53.2 Å². The van der Waals surface area contributed by atoms with Gasteiger partial charge in [0.05, 0.1) is 6.10 Å². The molecule has 0 aromatic rings. The number of nitriles is 1. The van der Waals surface area contributed by atoms with Gasteiger partial charge in [-0.2, -0.15) is 5.26 Å². The van der Waals surface area contributed by atoms with Crippen molar-refractivity contribution in [2.45, 2.75) is 31.5 Å². The van der Waals surface area contributed by atoms with Crippen molar-refractivity contribution in [3.63, 3.8) is 0 Å². The summed E-state index contributed by atoms with van der Waals surface area (Å²) in [6, 6.07) is 1.86. The van der Waals surface area contributed by atoms with Gasteiger partial charge in [-0.1, -0.05) is 0 Å². The van der Waals surface area contributed by atoms with E-state index < -0.39 is 5.60 Å². The van der Waals surface area contributed by atoms with Crippen LogP contribution in [0.15, 0.2) is 0 Å². The Morgan fingerprint density at radius 3 is 2.90 bits per heavy atom. The quantitative estimate of drug-likeness (QED) is 0.498. The average molecular weight is 141 g/mol. The molecule has 0 saturated carbocycles. The van der Waals surface area contributed by atoms with Crippen LogP contribution in [0.5, 0.6) is 0 Å². The summed E-state index contributed by atoms with van der Waals surface area (Å²) < 4.78 is 5.11. The molecule has 0 aromatic carbocycles. The summed E-state index contributed by atoms with van der Waals surface area (Å²) in [6.07, 6.45) is 0.963. The zero-order chi connectivity index (χ0) is 7.61. The summed E-state index contributed by atoms with van der Waals surface area (Å²) in [4.78, 5) is 0. The lowest BCUT2D eigenvalue weighted by molar-refractivity contribution is -0.104. The first-order valence-corrected chi connectivity index (χ1v) is 3.44. The Bertz CT molecular complexity index is 163. The van der Waals surface area contributed by atoms with Gasteiger partial charge in [0.15, 0.2) is 5.60 Å². The first kappa shape index (κ1) is 7.52. The van der Waals surface area contributed by atoms with Crippen LogP contribution in [0, 0.1) is 11.3 Å². The van der Waals surface area contributed by atoms with Gasteiger partial charge in [-0.15, -0.1) is 0 Å². The molecule has 1 rings (SSSR count). The highest BCUT2D eigenvalue weighted by molar-refractivity contribution is 5.05. The molecule has 2 unspecified atom stereocenters. The average Bonchev–Trinajstić information content (AvgIpc) is 1.96. The Balaban J connectivity index is 2.65. The molecule has 10 heavy (non-hydrogen) atoms. The zero-order valence-electron chi connectivity index (χ0n) is 6.00. The summed E-state index contributed by atoms with van der Waals surface area (Å²) in [6.45, 7) is 2.38. The number of hydrogen-bond acceptors (Lipinski definition) is 3. The molecule has 1 aliphatic rings. The molecule has 3 heteroatoms. The third kappa shape index (κ3) is 1.13. The molecule has 56 valence electrons. The molecule has 0 amide bonds. The van der Waals surface area contributed by atoms with Crippen molar-refractivity contribution in [1.82, 2.24) is 0 Å². The second-order valence-electron chi connectivity index (χ2n) is 2.65. The molecule has 0 aliphatic carbocycles. The lowest BCUT2D eigenvalue weighted by Crippen LogP contribution is -2.44. The Kier molecular flexibility index (Phi) is 1.93. The van der Waals surface area contributed by atoms with Crippen LogP contribution in [0.2, 0.25) is 0 Å². The predicted molar refractivity (Wildman–Crippen MR) is 35.2 cm³/mol. The van der Waals surface area contributed by atoms with Gasteiger partial charge < -0.3 is 9.84 Å². The summed E-state index contributed by atoms with van der Waals surface area (Å²) in [5.41, 5.74) is -1.24. The molecule has 0 radical (unpaired) electrons. The van der Waals surface area contributed by atoms with Crippen molar-refractivity contribution in [3.05, 3.63) is 0 Å². The largest absolute Gasteiger partial charge is 0.374 e. The van der Waals surface area contributed by atoms with Gasteiger partial charge in [-0.05, 0) is 19.8 Å². The fourth-order valence-corrected chi connectivity index (χ4v) is 1.09. The highest BCUT2D eigenvalue weighted by Gasteiger charge is 2.36. The Labute approximate surface area is 60.2 Å². The minimum atomic E-state index is -1.24. The highest BCUT2D eigenvalue weighted by Crippen LogP contribution is 2.23. The summed E-state index contributed by atoms with van der Waals surface area (Å²) in [5, 5.41) is 18.0. The normalized spacial score (nSPS) is 40.7. The van der Waals surface area contributed by atoms with Crippen molar-refractivity contribution < 1.29 is 9.84 Å². The van der Waals surface area contributed by atoms with E-state index in [0.717, 1.165) is 6.42 Å². The summed E-state index contributed by atoms with van der Waals surface area (Å²) in [7, 11) is 0. The SMILES string of the molecule is CC1OCCCC1(O)C#N. The standard InChI is InChI=1S/C7H11NO2/c1-6-7(9,5-8)3-2-4-10-6/h6,9H,2-4H2,1H3. The first-order valence-electron chi connectivity index (χ1n) is 3.44. The fraction of sp³-hybridized carbons (Fsp3) is 0.857. The van der Waals surface area contributed by atoms with Crippen molar-refractivity contribution >= 4 is 0 Å². The first-order chi connectivity index (χ1) is 4.69. The van der Waals surface area contributed by atoms with E-state index in [4.69, 9.17) is 10.00 Å². The van der Waals surface area contributed by atoms with Gasteiger partial charge in [-0.3, -0.25) is 0 Å². The van der Waals surface area contributed by atoms with Gasteiger partial charge in [-0.25, -0.2) is 0 Å². The molecule has 0 aromatic heterocycles. The lowest BCUT2D eigenvalue weighted by Gasteiger charge is -2.31. The second-order valence-corrected chi connectivity index (χ2v) is 2.65. The molecule has 0 bridgehead atoms. The van der Waals surface area contributed by atoms with E-state index in [2.05, 4.69) is 0 Å². The minimum absolute atomic E-state index is 0.341. The molecule has 1 N–H and O–H groups in total. The summed E-state index contributed by atoms with van der Waals surface area (Å²) >= 11 is 0.